The van der Waals surface area contributed by atoms with Crippen LogP contribution in [0.3, 0.4) is 0 Å². The van der Waals surface area contributed by atoms with Gasteiger partial charge in [-0.05, 0) is 40.1 Å². The molecule has 0 N–H and O–H groups in total. The van der Waals surface area contributed by atoms with Crippen molar-refractivity contribution in [2.24, 2.45) is 0 Å². The highest BCUT2D eigenvalue weighted by atomic mass is 32.1. The molecule has 8 nitrogen and oxygen atoms in total. The van der Waals surface area contributed by atoms with Gasteiger partial charge in [0.15, 0.2) is 11.6 Å². The maximum Gasteiger partial charge on any atom is 0.289 e. The van der Waals surface area contributed by atoms with E-state index < -0.39 is 6.04 Å². The van der Waals surface area contributed by atoms with Gasteiger partial charge in [-0.1, -0.05) is 24.3 Å². The van der Waals surface area contributed by atoms with Crippen LogP contribution < -0.4 is 0 Å². The van der Waals surface area contributed by atoms with Gasteiger partial charge >= 0.3 is 0 Å². The molecule has 1 fully saturated rings. The van der Waals surface area contributed by atoms with Gasteiger partial charge in [-0.2, -0.15) is 0 Å². The molecule has 1 aliphatic heterocycles. The van der Waals surface area contributed by atoms with Crippen molar-refractivity contribution >= 4 is 17.2 Å². The number of tetrazole rings is 1. The lowest BCUT2D eigenvalue weighted by Crippen LogP contribution is -2.50. The number of carbonyl (C=O) groups is 1. The molecule has 4 heterocycles. The third-order valence-electron chi connectivity index (χ3n) is 5.59. The second-order valence-corrected chi connectivity index (χ2v) is 8.54. The Labute approximate surface area is 187 Å². The van der Waals surface area contributed by atoms with Crippen LogP contribution in [0.15, 0.2) is 64.6 Å². The average Bonchev–Trinajstić information content (AvgIpc) is 3.60. The maximum absolute atomic E-state index is 14.9. The van der Waals surface area contributed by atoms with E-state index in [1.165, 1.54) is 12.3 Å². The highest BCUT2D eigenvalue weighted by molar-refractivity contribution is 7.09. The first kappa shape index (κ1) is 20.5. The molecule has 5 rings (SSSR count). The third kappa shape index (κ3) is 4.06. The molecule has 3 aromatic heterocycles. The van der Waals surface area contributed by atoms with E-state index in [1.54, 1.807) is 45.2 Å². The molecule has 0 bridgehead atoms. The quantitative estimate of drug-likeness (QED) is 0.447. The number of thiophene rings is 1. The fourth-order valence-corrected chi connectivity index (χ4v) is 4.69. The van der Waals surface area contributed by atoms with Crippen molar-refractivity contribution in [2.75, 3.05) is 26.2 Å². The topological polar surface area (TPSA) is 80.3 Å². The maximum atomic E-state index is 14.9. The normalized spacial score (nSPS) is 15.7. The van der Waals surface area contributed by atoms with Gasteiger partial charge in [0.05, 0.1) is 12.8 Å². The average molecular weight is 453 g/mol. The van der Waals surface area contributed by atoms with Gasteiger partial charge in [0.25, 0.3) is 5.91 Å². The summed E-state index contributed by atoms with van der Waals surface area (Å²) in [4.78, 5) is 17.6. The zero-order chi connectivity index (χ0) is 21.9. The summed E-state index contributed by atoms with van der Waals surface area (Å²) in [5.41, 5.74) is 0.514. The van der Waals surface area contributed by atoms with Crippen LogP contribution in [-0.2, 0) is 6.54 Å². The van der Waals surface area contributed by atoms with Gasteiger partial charge in [-0.3, -0.25) is 9.69 Å². The van der Waals surface area contributed by atoms with Crippen molar-refractivity contribution in [3.05, 3.63) is 88.0 Å². The van der Waals surface area contributed by atoms with Gasteiger partial charge in [0.2, 0.25) is 0 Å². The van der Waals surface area contributed by atoms with Crippen LogP contribution in [0.2, 0.25) is 0 Å². The van der Waals surface area contributed by atoms with E-state index in [9.17, 15) is 9.18 Å². The van der Waals surface area contributed by atoms with Crippen molar-refractivity contribution in [1.82, 2.24) is 30.0 Å². The first-order valence-corrected chi connectivity index (χ1v) is 11.2. The van der Waals surface area contributed by atoms with E-state index in [4.69, 9.17) is 4.42 Å². The number of benzene rings is 1. The predicted octanol–water partition coefficient (Wildman–Crippen LogP) is 3.06. The molecule has 0 spiro atoms. The molecule has 1 amide bonds. The number of halogens is 1. The standard InChI is InChI=1S/C22H21FN6O2S/c23-18-7-2-1-6-17(18)20(21-24-25-26-29(21)15-16-5-4-14-32-16)27-9-11-28(12-10-27)22(30)19-8-3-13-31-19/h1-8,13-14,20H,9-12,15H2/t20-/m0/s1. The van der Waals surface area contributed by atoms with Crippen LogP contribution in [0.25, 0.3) is 0 Å². The zero-order valence-electron chi connectivity index (χ0n) is 17.2. The minimum atomic E-state index is -0.466. The molecule has 1 saturated heterocycles. The minimum Gasteiger partial charge on any atom is -0.459 e. The zero-order valence-corrected chi connectivity index (χ0v) is 18.0. The molecule has 0 radical (unpaired) electrons. The minimum absolute atomic E-state index is 0.139. The third-order valence-corrected chi connectivity index (χ3v) is 6.45. The van der Waals surface area contributed by atoms with E-state index in [-0.39, 0.29) is 11.7 Å². The summed E-state index contributed by atoms with van der Waals surface area (Å²) in [5.74, 6) is 0.454. The Morgan fingerprint density at radius 1 is 1.09 bits per heavy atom. The number of piperazine rings is 1. The number of amides is 1. The molecule has 0 unspecified atom stereocenters. The van der Waals surface area contributed by atoms with E-state index >= 15 is 0 Å². The summed E-state index contributed by atoms with van der Waals surface area (Å²) in [7, 11) is 0. The first-order chi connectivity index (χ1) is 15.7. The number of hydrogen-bond donors (Lipinski definition) is 0. The Morgan fingerprint density at radius 2 is 1.94 bits per heavy atom. The Kier molecular flexibility index (Phi) is 5.78. The first-order valence-electron chi connectivity index (χ1n) is 10.3. The van der Waals surface area contributed by atoms with Crippen molar-refractivity contribution < 1.29 is 13.6 Å². The summed E-state index contributed by atoms with van der Waals surface area (Å²) in [6, 6.07) is 13.6. The molecule has 1 aromatic carbocycles. The molecule has 0 aliphatic carbocycles. The summed E-state index contributed by atoms with van der Waals surface area (Å²) in [6.07, 6.45) is 1.49. The lowest BCUT2D eigenvalue weighted by atomic mass is 10.0. The van der Waals surface area contributed by atoms with Crippen LogP contribution in [-0.4, -0.2) is 62.1 Å². The Bertz CT molecular complexity index is 1170. The second kappa shape index (κ2) is 9.01. The molecule has 164 valence electrons. The second-order valence-electron chi connectivity index (χ2n) is 7.50. The number of furan rings is 1. The number of aromatic nitrogens is 4. The molecular formula is C22H21FN6O2S. The monoisotopic (exact) mass is 452 g/mol. The Hall–Kier alpha value is -3.37. The van der Waals surface area contributed by atoms with Crippen molar-refractivity contribution in [2.45, 2.75) is 12.6 Å². The highest BCUT2D eigenvalue weighted by Gasteiger charge is 2.33. The molecule has 1 atom stereocenters. The summed E-state index contributed by atoms with van der Waals surface area (Å²) in [6.45, 7) is 2.62. The van der Waals surface area contributed by atoms with Crippen LogP contribution in [0.1, 0.15) is 32.9 Å². The smallest absolute Gasteiger partial charge is 0.289 e. The lowest BCUT2D eigenvalue weighted by molar-refractivity contribution is 0.0557. The summed E-state index contributed by atoms with van der Waals surface area (Å²) >= 11 is 1.62. The van der Waals surface area contributed by atoms with E-state index in [2.05, 4.69) is 20.4 Å². The van der Waals surface area contributed by atoms with E-state index in [0.717, 1.165) is 4.88 Å². The number of hydrogen-bond acceptors (Lipinski definition) is 7. The molecule has 10 heteroatoms. The van der Waals surface area contributed by atoms with Crippen molar-refractivity contribution in [3.63, 3.8) is 0 Å². The molecule has 0 saturated carbocycles. The van der Waals surface area contributed by atoms with Gasteiger partial charge in [-0.15, -0.1) is 16.4 Å². The van der Waals surface area contributed by atoms with Crippen molar-refractivity contribution in [3.8, 4) is 0 Å². The summed E-state index contributed by atoms with van der Waals surface area (Å²) < 4.78 is 21.9. The van der Waals surface area contributed by atoms with E-state index in [1.807, 2.05) is 23.6 Å². The largest absolute Gasteiger partial charge is 0.459 e. The highest BCUT2D eigenvalue weighted by Crippen LogP contribution is 2.30. The van der Waals surface area contributed by atoms with Gasteiger partial charge in [0.1, 0.15) is 11.9 Å². The Balaban J connectivity index is 1.42. The SMILES string of the molecule is O=C(c1ccco1)N1CCN([C@@H](c2ccccc2F)c2nnnn2Cc2cccs2)CC1. The van der Waals surface area contributed by atoms with Crippen LogP contribution in [0.5, 0.6) is 0 Å². The van der Waals surface area contributed by atoms with E-state index in [0.29, 0.717) is 49.9 Å². The van der Waals surface area contributed by atoms with Crippen LogP contribution in [0, 0.1) is 5.82 Å². The molecule has 1 aliphatic rings. The predicted molar refractivity (Wildman–Crippen MR) is 116 cm³/mol. The molecule has 4 aromatic rings. The number of nitrogens with zero attached hydrogens (tertiary/aromatic N) is 6. The van der Waals surface area contributed by atoms with Crippen LogP contribution >= 0.6 is 11.3 Å². The number of carbonyl (C=O) groups excluding carboxylic acids is 1. The fraction of sp³-hybridized carbons (Fsp3) is 0.273. The van der Waals surface area contributed by atoms with Gasteiger partial charge < -0.3 is 9.32 Å². The van der Waals surface area contributed by atoms with Gasteiger partial charge in [-0.25, -0.2) is 9.07 Å². The fourth-order valence-electron chi connectivity index (χ4n) is 4.01. The van der Waals surface area contributed by atoms with Crippen LogP contribution in [0.4, 0.5) is 4.39 Å². The van der Waals surface area contributed by atoms with Crippen molar-refractivity contribution in [1.29, 1.82) is 0 Å². The number of rotatable bonds is 6. The summed E-state index contributed by atoms with van der Waals surface area (Å²) in [5, 5.41) is 14.4. The molecule has 32 heavy (non-hydrogen) atoms. The Morgan fingerprint density at radius 3 is 2.66 bits per heavy atom. The van der Waals surface area contributed by atoms with Gasteiger partial charge in [0, 0.05) is 36.6 Å². The lowest BCUT2D eigenvalue weighted by Gasteiger charge is -2.38. The molecular weight excluding hydrogens is 431 g/mol.